The van der Waals surface area contributed by atoms with E-state index in [1.54, 1.807) is 25.1 Å². The van der Waals surface area contributed by atoms with Crippen LogP contribution in [0.1, 0.15) is 55.5 Å². The third-order valence-corrected chi connectivity index (χ3v) is 3.96. The first kappa shape index (κ1) is 15.5. The first-order valence-corrected chi connectivity index (χ1v) is 7.56. The lowest BCUT2D eigenvalue weighted by molar-refractivity contribution is -0.127. The van der Waals surface area contributed by atoms with Crippen LogP contribution < -0.4 is 10.1 Å². The molecule has 0 bridgehead atoms. The Balaban J connectivity index is 1.96. The van der Waals surface area contributed by atoms with Crippen LogP contribution in [0.25, 0.3) is 0 Å². The molecule has 4 nitrogen and oxygen atoms in total. The zero-order chi connectivity index (χ0) is 15.4. The number of carbonyl (C=O) groups is 2. The maximum absolute atomic E-state index is 12.1. The second kappa shape index (κ2) is 6.74. The zero-order valence-electron chi connectivity index (χ0n) is 12.9. The number of nitrogens with one attached hydrogen (secondary N) is 1. The highest BCUT2D eigenvalue weighted by Gasteiger charge is 2.22. The summed E-state index contributed by atoms with van der Waals surface area (Å²) in [4.78, 5) is 23.4. The van der Waals surface area contributed by atoms with E-state index < -0.39 is 6.10 Å². The molecular weight excluding hydrogens is 266 g/mol. The molecule has 0 aliphatic heterocycles. The van der Waals surface area contributed by atoms with Gasteiger partial charge in [0.1, 0.15) is 5.75 Å². The van der Waals surface area contributed by atoms with Crippen LogP contribution >= 0.6 is 0 Å². The first-order chi connectivity index (χ1) is 9.97. The summed E-state index contributed by atoms with van der Waals surface area (Å²) in [5, 5.41) is 3.03. The minimum Gasteiger partial charge on any atom is -0.481 e. The third kappa shape index (κ3) is 4.06. The predicted octanol–water partition coefficient (Wildman–Crippen LogP) is 3.02. The highest BCUT2D eigenvalue weighted by atomic mass is 16.5. The molecule has 1 atom stereocenters. The van der Waals surface area contributed by atoms with Crippen molar-refractivity contribution in [3.05, 3.63) is 29.3 Å². The van der Waals surface area contributed by atoms with Gasteiger partial charge in [-0.2, -0.15) is 0 Å². The molecule has 1 aromatic rings. The van der Waals surface area contributed by atoms with Gasteiger partial charge in [-0.05, 0) is 57.4 Å². The zero-order valence-corrected chi connectivity index (χ0v) is 12.9. The molecule has 1 aromatic carbocycles. The van der Waals surface area contributed by atoms with Crippen LogP contribution in [0, 0.1) is 6.92 Å². The molecule has 21 heavy (non-hydrogen) atoms. The number of aryl methyl sites for hydroxylation is 1. The smallest absolute Gasteiger partial charge is 0.260 e. The summed E-state index contributed by atoms with van der Waals surface area (Å²) < 4.78 is 5.73. The van der Waals surface area contributed by atoms with Gasteiger partial charge in [-0.25, -0.2) is 0 Å². The van der Waals surface area contributed by atoms with E-state index in [1.807, 2.05) is 6.92 Å². The van der Waals surface area contributed by atoms with E-state index in [9.17, 15) is 9.59 Å². The van der Waals surface area contributed by atoms with Crippen LogP contribution in [0.3, 0.4) is 0 Å². The number of hydrogen-bond acceptors (Lipinski definition) is 3. The fourth-order valence-electron chi connectivity index (χ4n) is 2.63. The molecule has 0 radical (unpaired) electrons. The molecule has 2 rings (SSSR count). The highest BCUT2D eigenvalue weighted by molar-refractivity contribution is 5.94. The minimum atomic E-state index is -0.535. The number of rotatable bonds is 5. The van der Waals surface area contributed by atoms with Crippen LogP contribution in [0.15, 0.2) is 18.2 Å². The normalized spacial score (nSPS) is 16.5. The Morgan fingerprint density at radius 1 is 1.29 bits per heavy atom. The molecule has 0 saturated heterocycles. The average molecular weight is 289 g/mol. The highest BCUT2D eigenvalue weighted by Crippen LogP contribution is 2.21. The van der Waals surface area contributed by atoms with Crippen molar-refractivity contribution in [1.29, 1.82) is 0 Å². The number of carbonyl (C=O) groups excluding carboxylic acids is 2. The summed E-state index contributed by atoms with van der Waals surface area (Å²) >= 11 is 0. The van der Waals surface area contributed by atoms with Gasteiger partial charge in [-0.1, -0.05) is 12.8 Å². The molecule has 114 valence electrons. The second-order valence-electron chi connectivity index (χ2n) is 5.79. The maximum Gasteiger partial charge on any atom is 0.260 e. The van der Waals surface area contributed by atoms with E-state index >= 15 is 0 Å². The van der Waals surface area contributed by atoms with Gasteiger partial charge in [0, 0.05) is 11.6 Å². The monoisotopic (exact) mass is 289 g/mol. The van der Waals surface area contributed by atoms with Crippen LogP contribution in [-0.4, -0.2) is 23.8 Å². The quantitative estimate of drug-likeness (QED) is 0.848. The Hall–Kier alpha value is -1.84. The predicted molar refractivity (Wildman–Crippen MR) is 81.7 cm³/mol. The van der Waals surface area contributed by atoms with Gasteiger partial charge in [0.15, 0.2) is 11.9 Å². The number of ether oxygens (including phenoxy) is 1. The Bertz CT molecular complexity index is 533. The average Bonchev–Trinajstić information content (AvgIpc) is 2.93. The summed E-state index contributed by atoms with van der Waals surface area (Å²) in [5.74, 6) is 0.600. The van der Waals surface area contributed by atoms with Gasteiger partial charge in [0.25, 0.3) is 5.91 Å². The molecule has 0 heterocycles. The van der Waals surface area contributed by atoms with Gasteiger partial charge in [-0.3, -0.25) is 9.59 Å². The number of ketones is 1. The lowest BCUT2D eigenvalue weighted by Crippen LogP contribution is -2.41. The molecule has 0 aromatic heterocycles. The van der Waals surface area contributed by atoms with Crippen LogP contribution in [0.2, 0.25) is 0 Å². The van der Waals surface area contributed by atoms with Crippen LogP contribution in [0.5, 0.6) is 5.75 Å². The van der Waals surface area contributed by atoms with E-state index in [-0.39, 0.29) is 11.7 Å². The standard InChI is InChI=1S/C17H23NO3/c1-11-10-14(12(2)19)8-9-16(11)21-13(3)17(20)18-15-6-4-5-7-15/h8-10,13,15H,4-7H2,1-3H3,(H,18,20). The molecular formula is C17H23NO3. The Labute approximate surface area is 125 Å². The Morgan fingerprint density at radius 2 is 1.95 bits per heavy atom. The van der Waals surface area contributed by atoms with Gasteiger partial charge >= 0.3 is 0 Å². The number of benzene rings is 1. The molecule has 4 heteroatoms. The molecule has 1 N–H and O–H groups in total. The van der Waals surface area contributed by atoms with Crippen molar-refractivity contribution in [2.45, 2.75) is 58.6 Å². The number of hydrogen-bond donors (Lipinski definition) is 1. The third-order valence-electron chi connectivity index (χ3n) is 3.96. The summed E-state index contributed by atoms with van der Waals surface area (Å²) in [6.45, 7) is 5.17. The number of Topliss-reactive ketones (excluding diaryl/α,β-unsaturated/α-hetero) is 1. The van der Waals surface area contributed by atoms with E-state index in [2.05, 4.69) is 5.32 Å². The van der Waals surface area contributed by atoms with Crippen LogP contribution in [0.4, 0.5) is 0 Å². The van der Waals surface area contributed by atoms with E-state index in [4.69, 9.17) is 4.74 Å². The van der Waals surface area contributed by atoms with Crippen molar-refractivity contribution in [2.75, 3.05) is 0 Å². The van der Waals surface area contributed by atoms with Crippen molar-refractivity contribution in [1.82, 2.24) is 5.32 Å². The Morgan fingerprint density at radius 3 is 2.52 bits per heavy atom. The van der Waals surface area contributed by atoms with Crippen molar-refractivity contribution >= 4 is 11.7 Å². The molecule has 1 aliphatic rings. The molecule has 0 spiro atoms. The molecule has 1 aliphatic carbocycles. The van der Waals surface area contributed by atoms with Gasteiger partial charge < -0.3 is 10.1 Å². The SMILES string of the molecule is CC(=O)c1ccc(OC(C)C(=O)NC2CCCC2)c(C)c1. The van der Waals surface area contributed by atoms with E-state index in [1.165, 1.54) is 19.8 Å². The van der Waals surface area contributed by atoms with Crippen molar-refractivity contribution in [3.63, 3.8) is 0 Å². The summed E-state index contributed by atoms with van der Waals surface area (Å²) in [7, 11) is 0. The second-order valence-corrected chi connectivity index (χ2v) is 5.79. The van der Waals surface area contributed by atoms with Gasteiger partial charge in [0.2, 0.25) is 0 Å². The summed E-state index contributed by atoms with van der Waals surface area (Å²) in [6.07, 6.45) is 3.96. The van der Waals surface area contributed by atoms with Gasteiger partial charge in [0.05, 0.1) is 0 Å². The topological polar surface area (TPSA) is 55.4 Å². The molecule has 1 unspecified atom stereocenters. The minimum absolute atomic E-state index is 0.0247. The lowest BCUT2D eigenvalue weighted by atomic mass is 10.1. The maximum atomic E-state index is 12.1. The molecule has 1 amide bonds. The largest absolute Gasteiger partial charge is 0.481 e. The van der Waals surface area contributed by atoms with Crippen LogP contribution in [-0.2, 0) is 4.79 Å². The molecule has 1 saturated carbocycles. The summed E-state index contributed by atoms with van der Waals surface area (Å²) in [6, 6.07) is 5.57. The molecule has 1 fully saturated rings. The number of amides is 1. The lowest BCUT2D eigenvalue weighted by Gasteiger charge is -2.19. The van der Waals surface area contributed by atoms with Crippen molar-refractivity contribution in [3.8, 4) is 5.75 Å². The first-order valence-electron chi connectivity index (χ1n) is 7.56. The Kier molecular flexibility index (Phi) is 4.99. The van der Waals surface area contributed by atoms with Gasteiger partial charge in [-0.15, -0.1) is 0 Å². The van der Waals surface area contributed by atoms with Crippen molar-refractivity contribution < 1.29 is 14.3 Å². The van der Waals surface area contributed by atoms with Crippen molar-refractivity contribution in [2.24, 2.45) is 0 Å². The van der Waals surface area contributed by atoms with E-state index in [0.717, 1.165) is 18.4 Å². The van der Waals surface area contributed by atoms with E-state index in [0.29, 0.717) is 17.4 Å². The summed E-state index contributed by atoms with van der Waals surface area (Å²) in [5.41, 5.74) is 1.52. The fourth-order valence-corrected chi connectivity index (χ4v) is 2.63. The fraction of sp³-hybridized carbons (Fsp3) is 0.529.